The lowest BCUT2D eigenvalue weighted by Crippen LogP contribution is -2.48. The quantitative estimate of drug-likeness (QED) is 0.748. The summed E-state index contributed by atoms with van der Waals surface area (Å²) in [6.45, 7) is 2.47. The first-order valence-electron chi connectivity index (χ1n) is 5.62. The molecule has 0 radical (unpaired) electrons. The Kier molecular flexibility index (Phi) is 3.11. The van der Waals surface area contributed by atoms with Gasteiger partial charge in [-0.25, -0.2) is 4.98 Å². The second-order valence-corrected chi connectivity index (χ2v) is 4.67. The normalized spacial score (nSPS) is 24.8. The van der Waals surface area contributed by atoms with Gasteiger partial charge in [-0.05, 0) is 31.9 Å². The van der Waals surface area contributed by atoms with E-state index in [0.29, 0.717) is 13.0 Å². The molecule has 1 aliphatic heterocycles. The molecule has 0 spiro atoms. The molecule has 1 saturated heterocycles. The fourth-order valence-electron chi connectivity index (χ4n) is 2.11. The van der Waals surface area contributed by atoms with Gasteiger partial charge in [0.15, 0.2) is 0 Å². The summed E-state index contributed by atoms with van der Waals surface area (Å²) >= 11 is 0. The van der Waals surface area contributed by atoms with Crippen molar-refractivity contribution in [3.63, 3.8) is 0 Å². The summed E-state index contributed by atoms with van der Waals surface area (Å²) < 4.78 is 13.4. The van der Waals surface area contributed by atoms with E-state index in [1.165, 1.54) is 23.2 Å². The van der Waals surface area contributed by atoms with Gasteiger partial charge < -0.3 is 10.0 Å². The fourth-order valence-corrected chi connectivity index (χ4v) is 2.11. The van der Waals surface area contributed by atoms with E-state index in [0.717, 1.165) is 6.42 Å². The minimum atomic E-state index is -0.882. The largest absolute Gasteiger partial charge is 0.388 e. The lowest BCUT2D eigenvalue weighted by Gasteiger charge is -2.36. The van der Waals surface area contributed by atoms with E-state index in [4.69, 9.17) is 0 Å². The highest BCUT2D eigenvalue weighted by molar-refractivity contribution is 5.94. The van der Waals surface area contributed by atoms with Crippen LogP contribution in [0.2, 0.25) is 0 Å². The standard InChI is InChI=1S/C12H15FN2O2/c1-12(17)5-3-7-15(8-12)11(16)9-4-2-6-14-10(9)13/h2,4,6,17H,3,5,7-8H2,1H3. The predicted octanol–water partition coefficient (Wildman–Crippen LogP) is 1.21. The molecule has 1 aromatic rings. The summed E-state index contributed by atoms with van der Waals surface area (Å²) in [6, 6.07) is 2.94. The van der Waals surface area contributed by atoms with Gasteiger partial charge in [0, 0.05) is 19.3 Å². The highest BCUT2D eigenvalue weighted by Gasteiger charge is 2.32. The van der Waals surface area contributed by atoms with Crippen LogP contribution >= 0.6 is 0 Å². The molecule has 92 valence electrons. The molecule has 1 N–H and O–H groups in total. The summed E-state index contributed by atoms with van der Waals surface area (Å²) in [7, 11) is 0. The highest BCUT2D eigenvalue weighted by atomic mass is 19.1. The molecule has 4 nitrogen and oxygen atoms in total. The van der Waals surface area contributed by atoms with Gasteiger partial charge in [0.05, 0.1) is 11.2 Å². The van der Waals surface area contributed by atoms with E-state index in [2.05, 4.69) is 4.98 Å². The molecule has 0 bridgehead atoms. The topological polar surface area (TPSA) is 53.4 Å². The van der Waals surface area contributed by atoms with Crippen molar-refractivity contribution in [1.29, 1.82) is 0 Å². The minimum absolute atomic E-state index is 0.0369. The number of aromatic nitrogens is 1. The van der Waals surface area contributed by atoms with E-state index >= 15 is 0 Å². The first kappa shape index (κ1) is 12.0. The molecule has 17 heavy (non-hydrogen) atoms. The van der Waals surface area contributed by atoms with Crippen molar-refractivity contribution < 1.29 is 14.3 Å². The summed E-state index contributed by atoms with van der Waals surface area (Å²) in [4.78, 5) is 17.0. The number of aliphatic hydroxyl groups is 1. The number of nitrogens with zero attached hydrogens (tertiary/aromatic N) is 2. The van der Waals surface area contributed by atoms with Crippen LogP contribution in [0.5, 0.6) is 0 Å². The molecule has 0 saturated carbocycles. The van der Waals surface area contributed by atoms with Crippen LogP contribution in [0.25, 0.3) is 0 Å². The van der Waals surface area contributed by atoms with Gasteiger partial charge in [-0.3, -0.25) is 4.79 Å². The molecule has 1 amide bonds. The van der Waals surface area contributed by atoms with Gasteiger partial charge in [-0.2, -0.15) is 4.39 Å². The molecule has 0 aliphatic carbocycles. The zero-order valence-corrected chi connectivity index (χ0v) is 9.69. The van der Waals surface area contributed by atoms with Crippen molar-refractivity contribution >= 4 is 5.91 Å². The number of hydrogen-bond donors (Lipinski definition) is 1. The average Bonchev–Trinajstić information content (AvgIpc) is 2.27. The monoisotopic (exact) mass is 238 g/mol. The Hall–Kier alpha value is -1.49. The third kappa shape index (κ3) is 2.61. The highest BCUT2D eigenvalue weighted by Crippen LogP contribution is 2.22. The number of halogens is 1. The van der Waals surface area contributed by atoms with Crippen molar-refractivity contribution in [1.82, 2.24) is 9.88 Å². The van der Waals surface area contributed by atoms with Crippen LogP contribution in [0.15, 0.2) is 18.3 Å². The SMILES string of the molecule is CC1(O)CCCN(C(=O)c2cccnc2F)C1. The number of hydrogen-bond acceptors (Lipinski definition) is 3. The zero-order chi connectivity index (χ0) is 12.5. The van der Waals surface area contributed by atoms with E-state index in [-0.39, 0.29) is 12.1 Å². The third-order valence-electron chi connectivity index (χ3n) is 2.95. The van der Waals surface area contributed by atoms with Crippen molar-refractivity contribution in [2.45, 2.75) is 25.4 Å². The first-order valence-corrected chi connectivity index (χ1v) is 5.62. The molecule has 2 rings (SSSR count). The summed E-state index contributed by atoms with van der Waals surface area (Å²) in [6.07, 6.45) is 2.69. The second kappa shape index (κ2) is 4.41. The number of β-amino-alcohol motifs (C(OH)–C–C–N with tert-alkyl or cyclic N) is 1. The molecule has 2 heterocycles. The third-order valence-corrected chi connectivity index (χ3v) is 2.95. The molecular formula is C12H15FN2O2. The Labute approximate surface area is 99.1 Å². The molecule has 1 atom stereocenters. The van der Waals surface area contributed by atoms with E-state index in [1.54, 1.807) is 6.92 Å². The Balaban J connectivity index is 2.18. The molecule has 1 aromatic heterocycles. The maximum atomic E-state index is 13.4. The predicted molar refractivity (Wildman–Crippen MR) is 60.0 cm³/mol. The van der Waals surface area contributed by atoms with E-state index in [9.17, 15) is 14.3 Å². The summed E-state index contributed by atoms with van der Waals surface area (Å²) in [5, 5.41) is 9.91. The maximum Gasteiger partial charge on any atom is 0.258 e. The molecule has 1 fully saturated rings. The van der Waals surface area contributed by atoms with Crippen LogP contribution in [-0.4, -0.2) is 39.6 Å². The van der Waals surface area contributed by atoms with Gasteiger partial charge in [0.1, 0.15) is 0 Å². The van der Waals surface area contributed by atoms with Crippen LogP contribution in [0.3, 0.4) is 0 Å². The maximum absolute atomic E-state index is 13.4. The Morgan fingerprint density at radius 2 is 2.41 bits per heavy atom. The number of carbonyl (C=O) groups is 1. The Morgan fingerprint density at radius 3 is 3.06 bits per heavy atom. The van der Waals surface area contributed by atoms with Crippen molar-refractivity contribution in [2.24, 2.45) is 0 Å². The van der Waals surface area contributed by atoms with Crippen molar-refractivity contribution in [2.75, 3.05) is 13.1 Å². The minimum Gasteiger partial charge on any atom is -0.388 e. The van der Waals surface area contributed by atoms with Gasteiger partial charge in [-0.1, -0.05) is 0 Å². The molecule has 5 heteroatoms. The fraction of sp³-hybridized carbons (Fsp3) is 0.500. The lowest BCUT2D eigenvalue weighted by molar-refractivity contribution is -0.0109. The summed E-state index contributed by atoms with van der Waals surface area (Å²) in [5.74, 6) is -1.17. The number of carbonyl (C=O) groups excluding carboxylic acids is 1. The molecule has 1 aliphatic rings. The van der Waals surface area contributed by atoms with Gasteiger partial charge in [-0.15, -0.1) is 0 Å². The average molecular weight is 238 g/mol. The summed E-state index contributed by atoms with van der Waals surface area (Å²) in [5.41, 5.74) is -0.919. The van der Waals surface area contributed by atoms with E-state index < -0.39 is 17.5 Å². The van der Waals surface area contributed by atoms with Crippen LogP contribution in [0.4, 0.5) is 4.39 Å². The Morgan fingerprint density at radius 1 is 1.65 bits per heavy atom. The van der Waals surface area contributed by atoms with Crippen LogP contribution in [0, 0.1) is 5.95 Å². The first-order chi connectivity index (χ1) is 7.99. The molecule has 1 unspecified atom stereocenters. The lowest BCUT2D eigenvalue weighted by atomic mass is 9.95. The van der Waals surface area contributed by atoms with Gasteiger partial charge in [0.2, 0.25) is 5.95 Å². The van der Waals surface area contributed by atoms with Crippen molar-refractivity contribution in [3.05, 3.63) is 29.8 Å². The number of piperidine rings is 1. The van der Waals surface area contributed by atoms with Crippen molar-refractivity contribution in [3.8, 4) is 0 Å². The van der Waals surface area contributed by atoms with Gasteiger partial charge in [0.25, 0.3) is 5.91 Å². The number of likely N-dealkylation sites (tertiary alicyclic amines) is 1. The van der Waals surface area contributed by atoms with Crippen LogP contribution in [-0.2, 0) is 0 Å². The van der Waals surface area contributed by atoms with Gasteiger partial charge >= 0.3 is 0 Å². The van der Waals surface area contributed by atoms with E-state index in [1.807, 2.05) is 0 Å². The van der Waals surface area contributed by atoms with Crippen LogP contribution in [0.1, 0.15) is 30.1 Å². The second-order valence-electron chi connectivity index (χ2n) is 4.67. The Bertz CT molecular complexity index is 434. The number of rotatable bonds is 1. The smallest absolute Gasteiger partial charge is 0.258 e. The molecular weight excluding hydrogens is 223 g/mol. The zero-order valence-electron chi connectivity index (χ0n) is 9.69. The number of pyridine rings is 1. The van der Waals surface area contributed by atoms with Crippen LogP contribution < -0.4 is 0 Å². The number of amides is 1. The molecule has 0 aromatic carbocycles.